The van der Waals surface area contributed by atoms with Gasteiger partial charge in [-0.2, -0.15) is 0 Å². The number of carbonyl (C=O) groups excluding carboxylic acids is 1. The predicted octanol–water partition coefficient (Wildman–Crippen LogP) is 5.14. The van der Waals surface area contributed by atoms with Gasteiger partial charge >= 0.3 is 0 Å². The fourth-order valence-corrected chi connectivity index (χ4v) is 4.15. The summed E-state index contributed by atoms with van der Waals surface area (Å²) in [5.74, 6) is 0.0384. The van der Waals surface area contributed by atoms with E-state index in [1.165, 1.54) is 10.4 Å². The minimum Gasteiger partial charge on any atom is -0.360 e. The molecule has 24 heavy (non-hydrogen) atoms. The maximum absolute atomic E-state index is 13.3. The normalized spacial score (nSPS) is 16.7. The van der Waals surface area contributed by atoms with Crippen LogP contribution in [0.1, 0.15) is 32.5 Å². The molecule has 0 saturated carbocycles. The number of rotatable bonds is 2. The van der Waals surface area contributed by atoms with Gasteiger partial charge in [-0.3, -0.25) is 9.69 Å². The summed E-state index contributed by atoms with van der Waals surface area (Å²) in [6.45, 7) is 4.13. The number of nitrogens with zero attached hydrogens (tertiary/aromatic N) is 1. The molecule has 2 heterocycles. The number of carbonyl (C=O) groups is 1. The number of aryl methyl sites for hydroxylation is 2. The molecule has 1 N–H and O–H groups in total. The molecule has 1 aromatic heterocycles. The van der Waals surface area contributed by atoms with E-state index < -0.39 is 0 Å². The number of amides is 1. The molecule has 0 spiro atoms. The summed E-state index contributed by atoms with van der Waals surface area (Å²) < 4.78 is 0. The van der Waals surface area contributed by atoms with Crippen molar-refractivity contribution >= 4 is 28.6 Å². The number of nitrogens with one attached hydrogen (secondary N) is 1. The molecule has 1 amide bonds. The van der Waals surface area contributed by atoms with Crippen molar-refractivity contribution in [2.45, 2.75) is 20.0 Å². The molecule has 0 unspecified atom stereocenters. The number of para-hydroxylation sites is 2. The van der Waals surface area contributed by atoms with E-state index in [4.69, 9.17) is 0 Å². The molecule has 0 aliphatic carbocycles. The first kappa shape index (κ1) is 15.0. The predicted molar refractivity (Wildman–Crippen MR) is 99.9 cm³/mol. The van der Waals surface area contributed by atoms with E-state index >= 15 is 0 Å². The average molecular weight is 334 g/mol. The van der Waals surface area contributed by atoms with Gasteiger partial charge in [-0.25, -0.2) is 0 Å². The Labute approximate surface area is 145 Å². The van der Waals surface area contributed by atoms with Gasteiger partial charge in [-0.05, 0) is 54.6 Å². The van der Waals surface area contributed by atoms with Crippen molar-refractivity contribution in [3.8, 4) is 0 Å². The van der Waals surface area contributed by atoms with E-state index in [0.717, 1.165) is 16.9 Å². The molecule has 3 nitrogen and oxygen atoms in total. The van der Waals surface area contributed by atoms with Crippen LogP contribution in [0.3, 0.4) is 0 Å². The quantitative estimate of drug-likeness (QED) is 0.704. The second kappa shape index (κ2) is 5.80. The van der Waals surface area contributed by atoms with Crippen LogP contribution in [0, 0.1) is 13.8 Å². The molecule has 0 bridgehead atoms. The van der Waals surface area contributed by atoms with E-state index in [9.17, 15) is 4.79 Å². The molecule has 0 radical (unpaired) electrons. The number of thiophene rings is 1. The number of hydrogen-bond acceptors (Lipinski definition) is 3. The van der Waals surface area contributed by atoms with Gasteiger partial charge in [0.05, 0.1) is 10.4 Å². The molecule has 0 saturated heterocycles. The third-order valence-electron chi connectivity index (χ3n) is 4.45. The first-order valence-electron chi connectivity index (χ1n) is 7.95. The van der Waals surface area contributed by atoms with Gasteiger partial charge < -0.3 is 5.32 Å². The van der Waals surface area contributed by atoms with Crippen molar-refractivity contribution in [1.82, 2.24) is 0 Å². The molecular weight excluding hydrogens is 316 g/mol. The highest BCUT2D eigenvalue weighted by Gasteiger charge is 2.35. The molecule has 0 fully saturated rings. The Balaban J connectivity index is 1.91. The zero-order valence-electron chi connectivity index (χ0n) is 13.6. The highest BCUT2D eigenvalue weighted by atomic mass is 32.1. The van der Waals surface area contributed by atoms with Crippen molar-refractivity contribution < 1.29 is 4.79 Å². The maximum Gasteiger partial charge on any atom is 0.262 e. The van der Waals surface area contributed by atoms with Gasteiger partial charge in [-0.15, -0.1) is 11.3 Å². The molecule has 1 aliphatic rings. The summed E-state index contributed by atoms with van der Waals surface area (Å²) in [5.41, 5.74) is 4.84. The molecular formula is C20H18N2OS. The average Bonchev–Trinajstić information content (AvgIpc) is 3.02. The van der Waals surface area contributed by atoms with Crippen LogP contribution in [0.15, 0.2) is 60.0 Å². The fourth-order valence-electron chi connectivity index (χ4n) is 3.18. The topological polar surface area (TPSA) is 32.3 Å². The molecule has 3 aromatic rings. The third kappa shape index (κ3) is 2.31. The summed E-state index contributed by atoms with van der Waals surface area (Å²) >= 11 is 1.68. The highest BCUT2D eigenvalue weighted by molar-refractivity contribution is 7.10. The van der Waals surface area contributed by atoms with Crippen LogP contribution in [-0.2, 0) is 0 Å². The smallest absolute Gasteiger partial charge is 0.262 e. The fraction of sp³-hybridized carbons (Fsp3) is 0.150. The SMILES string of the molecule is Cc1ccccc1N1C(=O)c2ccccc2N[C@H]1c1sccc1C. The minimum atomic E-state index is -0.187. The Kier molecular flexibility index (Phi) is 3.62. The lowest BCUT2D eigenvalue weighted by Crippen LogP contribution is -2.43. The van der Waals surface area contributed by atoms with Crippen LogP contribution < -0.4 is 10.2 Å². The van der Waals surface area contributed by atoms with Crippen LogP contribution in [0.25, 0.3) is 0 Å². The van der Waals surface area contributed by atoms with Gasteiger partial charge in [0.2, 0.25) is 0 Å². The zero-order valence-corrected chi connectivity index (χ0v) is 14.4. The van der Waals surface area contributed by atoms with Gasteiger partial charge in [-0.1, -0.05) is 30.3 Å². The van der Waals surface area contributed by atoms with Crippen molar-refractivity contribution in [2.75, 3.05) is 10.2 Å². The number of fused-ring (bicyclic) bond motifs is 1. The molecule has 4 rings (SSSR count). The lowest BCUT2D eigenvalue weighted by molar-refractivity contribution is 0.0975. The zero-order chi connectivity index (χ0) is 16.7. The first-order valence-corrected chi connectivity index (χ1v) is 8.83. The van der Waals surface area contributed by atoms with E-state index in [1.807, 2.05) is 60.4 Å². The summed E-state index contributed by atoms with van der Waals surface area (Å²) in [7, 11) is 0. The van der Waals surface area contributed by atoms with Crippen LogP contribution in [0.2, 0.25) is 0 Å². The Hall–Kier alpha value is -2.59. The van der Waals surface area contributed by atoms with Gasteiger partial charge in [0, 0.05) is 11.4 Å². The Bertz CT molecular complexity index is 915. The number of hydrogen-bond donors (Lipinski definition) is 1. The van der Waals surface area contributed by atoms with Crippen LogP contribution >= 0.6 is 11.3 Å². The Morgan fingerprint density at radius 1 is 0.958 bits per heavy atom. The standard InChI is InChI=1S/C20H18N2OS/c1-13-7-3-6-10-17(13)22-19(18-14(2)11-12-24-18)21-16-9-5-4-8-15(16)20(22)23/h3-12,19,21H,1-2H3/t19-/m1/s1. The Morgan fingerprint density at radius 3 is 2.46 bits per heavy atom. The minimum absolute atomic E-state index is 0.0384. The van der Waals surface area contributed by atoms with E-state index in [0.29, 0.717) is 5.56 Å². The molecule has 1 aliphatic heterocycles. The van der Waals surface area contributed by atoms with E-state index in [1.54, 1.807) is 11.3 Å². The van der Waals surface area contributed by atoms with E-state index in [2.05, 4.69) is 23.7 Å². The van der Waals surface area contributed by atoms with Crippen LogP contribution in [0.5, 0.6) is 0 Å². The maximum atomic E-state index is 13.3. The van der Waals surface area contributed by atoms with Crippen LogP contribution in [-0.4, -0.2) is 5.91 Å². The second-order valence-corrected chi connectivity index (χ2v) is 6.97. The van der Waals surface area contributed by atoms with Gasteiger partial charge in [0.1, 0.15) is 6.17 Å². The highest BCUT2D eigenvalue weighted by Crippen LogP contribution is 2.40. The second-order valence-electron chi connectivity index (χ2n) is 6.02. The van der Waals surface area contributed by atoms with Gasteiger partial charge in [0.25, 0.3) is 5.91 Å². The van der Waals surface area contributed by atoms with E-state index in [-0.39, 0.29) is 12.1 Å². The summed E-state index contributed by atoms with van der Waals surface area (Å²) in [6, 6.07) is 17.9. The van der Waals surface area contributed by atoms with Crippen molar-refractivity contribution in [2.24, 2.45) is 0 Å². The van der Waals surface area contributed by atoms with Crippen molar-refractivity contribution in [1.29, 1.82) is 0 Å². The molecule has 120 valence electrons. The number of anilines is 2. The molecule has 2 aromatic carbocycles. The Morgan fingerprint density at radius 2 is 1.71 bits per heavy atom. The lowest BCUT2D eigenvalue weighted by atomic mass is 10.0. The summed E-state index contributed by atoms with van der Waals surface area (Å²) in [4.78, 5) is 16.3. The van der Waals surface area contributed by atoms with Gasteiger partial charge in [0.15, 0.2) is 0 Å². The molecule has 1 atom stereocenters. The monoisotopic (exact) mass is 334 g/mol. The van der Waals surface area contributed by atoms with Crippen LogP contribution in [0.4, 0.5) is 11.4 Å². The largest absolute Gasteiger partial charge is 0.360 e. The summed E-state index contributed by atoms with van der Waals surface area (Å²) in [5, 5.41) is 5.64. The van der Waals surface area contributed by atoms with Crippen molar-refractivity contribution in [3.05, 3.63) is 81.5 Å². The summed E-state index contributed by atoms with van der Waals surface area (Å²) in [6.07, 6.45) is -0.187. The third-order valence-corrected chi connectivity index (χ3v) is 5.52. The first-order chi connectivity index (χ1) is 11.7. The molecule has 4 heteroatoms. The lowest BCUT2D eigenvalue weighted by Gasteiger charge is -2.38. The van der Waals surface area contributed by atoms with Crippen molar-refractivity contribution in [3.63, 3.8) is 0 Å². The number of benzene rings is 2.